The minimum Gasteiger partial charge on any atom is -0.497 e. The molecule has 3 atom stereocenters. The van der Waals surface area contributed by atoms with E-state index in [0.717, 1.165) is 60.4 Å². The number of carbonyl (C=O) groups excluding carboxylic acids is 1. The molecule has 1 fully saturated rings. The Kier molecular flexibility index (Phi) is 7.88. The van der Waals surface area contributed by atoms with Crippen LogP contribution in [0.1, 0.15) is 56.6 Å². The second kappa shape index (κ2) is 11.0. The predicted molar refractivity (Wildman–Crippen MR) is 137 cm³/mol. The number of fused-ring (bicyclic) bond motifs is 1. The van der Waals surface area contributed by atoms with Gasteiger partial charge in [0.2, 0.25) is 5.91 Å². The van der Waals surface area contributed by atoms with Crippen molar-refractivity contribution < 1.29 is 14.6 Å². The summed E-state index contributed by atoms with van der Waals surface area (Å²) in [7, 11) is 3.68. The fraction of sp³-hybridized carbons (Fsp3) is 0.500. The van der Waals surface area contributed by atoms with Gasteiger partial charge in [-0.15, -0.1) is 0 Å². The fourth-order valence-corrected chi connectivity index (χ4v) is 4.72. The lowest BCUT2D eigenvalue weighted by molar-refractivity contribution is -0.129. The van der Waals surface area contributed by atoms with Gasteiger partial charge in [0, 0.05) is 23.9 Å². The van der Waals surface area contributed by atoms with Crippen molar-refractivity contribution >= 4 is 17.3 Å². The SMILES string of the molecule is CCCCC(O)C(CC1CC1)C(=O)NC1CN(C)c2ccccc2C(c2ccc(OC)cc2)=N1. The molecule has 0 spiro atoms. The lowest BCUT2D eigenvalue weighted by atomic mass is 9.91. The molecular formula is C28H37N3O3. The van der Waals surface area contributed by atoms with Crippen molar-refractivity contribution in [1.82, 2.24) is 5.32 Å². The number of carbonyl (C=O) groups is 1. The molecule has 1 heterocycles. The predicted octanol–water partition coefficient (Wildman–Crippen LogP) is 4.39. The number of anilines is 1. The van der Waals surface area contributed by atoms with Crippen LogP contribution in [-0.2, 0) is 4.79 Å². The number of amides is 1. The first-order valence-electron chi connectivity index (χ1n) is 12.5. The number of likely N-dealkylation sites (N-methyl/N-ethyl adjacent to an activating group) is 1. The molecule has 0 radical (unpaired) electrons. The number of ether oxygens (including phenoxy) is 1. The van der Waals surface area contributed by atoms with Crippen LogP contribution in [0, 0.1) is 11.8 Å². The molecule has 0 aromatic heterocycles. The smallest absolute Gasteiger partial charge is 0.227 e. The molecule has 6 nitrogen and oxygen atoms in total. The molecule has 4 rings (SSSR count). The van der Waals surface area contributed by atoms with Crippen LogP contribution in [0.4, 0.5) is 5.69 Å². The average molecular weight is 464 g/mol. The maximum atomic E-state index is 13.4. The lowest BCUT2D eigenvalue weighted by Gasteiger charge is -2.26. The number of methoxy groups -OCH3 is 1. The van der Waals surface area contributed by atoms with Crippen LogP contribution in [-0.4, -0.2) is 49.7 Å². The maximum absolute atomic E-state index is 13.4. The van der Waals surface area contributed by atoms with Crippen molar-refractivity contribution in [2.45, 2.75) is 57.7 Å². The van der Waals surface area contributed by atoms with E-state index >= 15 is 0 Å². The number of aliphatic imine (C=N–C) groups is 1. The topological polar surface area (TPSA) is 74.2 Å². The number of benzene rings is 2. The average Bonchev–Trinajstić information content (AvgIpc) is 3.69. The fourth-order valence-electron chi connectivity index (χ4n) is 4.72. The maximum Gasteiger partial charge on any atom is 0.227 e. The van der Waals surface area contributed by atoms with Gasteiger partial charge < -0.3 is 20.1 Å². The van der Waals surface area contributed by atoms with Crippen LogP contribution in [0.5, 0.6) is 5.75 Å². The molecule has 1 saturated carbocycles. The molecule has 182 valence electrons. The van der Waals surface area contributed by atoms with Crippen LogP contribution < -0.4 is 15.0 Å². The van der Waals surface area contributed by atoms with Gasteiger partial charge in [0.1, 0.15) is 11.9 Å². The summed E-state index contributed by atoms with van der Waals surface area (Å²) < 4.78 is 5.33. The van der Waals surface area contributed by atoms with Gasteiger partial charge >= 0.3 is 0 Å². The summed E-state index contributed by atoms with van der Waals surface area (Å²) in [4.78, 5) is 20.6. The molecule has 1 amide bonds. The molecule has 6 heteroatoms. The molecule has 34 heavy (non-hydrogen) atoms. The van der Waals surface area contributed by atoms with Crippen molar-refractivity contribution in [3.63, 3.8) is 0 Å². The Morgan fingerprint density at radius 3 is 2.62 bits per heavy atom. The molecule has 1 aliphatic heterocycles. The number of hydrogen-bond donors (Lipinski definition) is 2. The van der Waals surface area contributed by atoms with E-state index in [-0.39, 0.29) is 11.8 Å². The molecule has 2 N–H and O–H groups in total. The Morgan fingerprint density at radius 2 is 1.94 bits per heavy atom. The number of aliphatic hydroxyl groups is 1. The van der Waals surface area contributed by atoms with E-state index < -0.39 is 12.3 Å². The standard InChI is InChI=1S/C28H37N3O3/c1-4-5-10-25(32)23(17-19-11-12-19)28(33)30-26-18-31(2)24-9-7-6-8-22(24)27(29-26)20-13-15-21(34-3)16-14-20/h6-9,13-16,19,23,25-26,32H,4-5,10-12,17-18H2,1-3H3,(H,30,33). The van der Waals surface area contributed by atoms with Crippen molar-refractivity contribution in [1.29, 1.82) is 0 Å². The van der Waals surface area contributed by atoms with Crippen molar-refractivity contribution in [3.05, 3.63) is 59.7 Å². The van der Waals surface area contributed by atoms with Crippen LogP contribution in [0.2, 0.25) is 0 Å². The van der Waals surface area contributed by atoms with Gasteiger partial charge in [0.15, 0.2) is 0 Å². The highest BCUT2D eigenvalue weighted by atomic mass is 16.5. The van der Waals surface area contributed by atoms with E-state index in [1.54, 1.807) is 7.11 Å². The lowest BCUT2D eigenvalue weighted by Crippen LogP contribution is -2.46. The quantitative estimate of drug-likeness (QED) is 0.548. The highest BCUT2D eigenvalue weighted by Crippen LogP contribution is 2.37. The third kappa shape index (κ3) is 5.79. The number of nitrogens with one attached hydrogen (secondary N) is 1. The highest BCUT2D eigenvalue weighted by Gasteiger charge is 2.35. The van der Waals surface area contributed by atoms with Gasteiger partial charge in [-0.1, -0.05) is 50.8 Å². The molecule has 2 aliphatic rings. The summed E-state index contributed by atoms with van der Waals surface area (Å²) >= 11 is 0. The van der Waals surface area contributed by atoms with E-state index in [4.69, 9.17) is 9.73 Å². The Hall–Kier alpha value is -2.86. The highest BCUT2D eigenvalue weighted by molar-refractivity contribution is 6.16. The molecule has 0 bridgehead atoms. The first-order chi connectivity index (χ1) is 16.5. The molecule has 2 aromatic rings. The molecule has 2 aromatic carbocycles. The normalized spacial score (nSPS) is 19.5. The number of nitrogens with zero attached hydrogens (tertiary/aromatic N) is 2. The number of aliphatic hydroxyl groups excluding tert-OH is 1. The molecule has 3 unspecified atom stereocenters. The molecule has 1 aliphatic carbocycles. The number of rotatable bonds is 10. The van der Waals surface area contributed by atoms with Gasteiger partial charge in [-0.25, -0.2) is 0 Å². The largest absolute Gasteiger partial charge is 0.497 e. The van der Waals surface area contributed by atoms with Crippen LogP contribution >= 0.6 is 0 Å². The zero-order valence-corrected chi connectivity index (χ0v) is 20.5. The summed E-state index contributed by atoms with van der Waals surface area (Å²) in [5.74, 6) is 0.885. The van der Waals surface area contributed by atoms with Crippen molar-refractivity contribution in [2.24, 2.45) is 16.8 Å². The van der Waals surface area contributed by atoms with E-state index in [9.17, 15) is 9.90 Å². The van der Waals surface area contributed by atoms with Gasteiger partial charge in [0.25, 0.3) is 0 Å². The van der Waals surface area contributed by atoms with Gasteiger partial charge in [-0.2, -0.15) is 0 Å². The third-order valence-corrected chi connectivity index (χ3v) is 6.91. The Balaban J connectivity index is 1.61. The second-order valence-corrected chi connectivity index (χ2v) is 9.62. The van der Waals surface area contributed by atoms with E-state index in [1.807, 2.05) is 43.4 Å². The van der Waals surface area contributed by atoms with E-state index in [0.29, 0.717) is 18.9 Å². The van der Waals surface area contributed by atoms with Crippen LogP contribution in [0.3, 0.4) is 0 Å². The summed E-state index contributed by atoms with van der Waals surface area (Å²) in [6, 6.07) is 16.1. The third-order valence-electron chi connectivity index (χ3n) is 6.91. The Morgan fingerprint density at radius 1 is 1.21 bits per heavy atom. The minimum absolute atomic E-state index is 0.0855. The molecule has 0 saturated heterocycles. The summed E-state index contributed by atoms with van der Waals surface area (Å²) in [5.41, 5.74) is 3.93. The number of benzodiazepines with no additional fused rings is 1. The first kappa shape index (κ1) is 24.3. The summed E-state index contributed by atoms with van der Waals surface area (Å²) in [6.45, 7) is 2.67. The van der Waals surface area contributed by atoms with Gasteiger partial charge in [0.05, 0.1) is 31.4 Å². The Labute approximate surface area is 203 Å². The first-order valence-corrected chi connectivity index (χ1v) is 12.5. The second-order valence-electron chi connectivity index (χ2n) is 9.62. The number of hydrogen-bond acceptors (Lipinski definition) is 5. The van der Waals surface area contributed by atoms with Crippen molar-refractivity contribution in [2.75, 3.05) is 25.6 Å². The Bertz CT molecular complexity index is 1000. The van der Waals surface area contributed by atoms with Crippen molar-refractivity contribution in [3.8, 4) is 5.75 Å². The monoisotopic (exact) mass is 463 g/mol. The van der Waals surface area contributed by atoms with Gasteiger partial charge in [-0.3, -0.25) is 9.79 Å². The summed E-state index contributed by atoms with van der Waals surface area (Å²) in [5, 5.41) is 14.0. The van der Waals surface area contributed by atoms with E-state index in [1.165, 1.54) is 0 Å². The molecular weight excluding hydrogens is 426 g/mol. The zero-order valence-electron chi connectivity index (χ0n) is 20.5. The minimum atomic E-state index is -0.605. The van der Waals surface area contributed by atoms with Gasteiger partial charge in [-0.05, 0) is 49.1 Å². The zero-order chi connectivity index (χ0) is 24.1. The van der Waals surface area contributed by atoms with E-state index in [2.05, 4.69) is 29.3 Å². The van der Waals surface area contributed by atoms with Crippen LogP contribution in [0.15, 0.2) is 53.5 Å². The number of para-hydroxylation sites is 1. The summed E-state index contributed by atoms with van der Waals surface area (Å²) in [6.07, 6.45) is 4.66. The van der Waals surface area contributed by atoms with Crippen LogP contribution in [0.25, 0.3) is 0 Å². The number of unbranched alkanes of at least 4 members (excludes halogenated alkanes) is 1.